The summed E-state index contributed by atoms with van der Waals surface area (Å²) in [6.45, 7) is 0.821. The van der Waals surface area contributed by atoms with Crippen LogP contribution >= 0.6 is 0 Å². The van der Waals surface area contributed by atoms with Crippen LogP contribution < -0.4 is 0 Å². The number of rotatable bonds is 3. The van der Waals surface area contributed by atoms with Gasteiger partial charge in [-0.15, -0.1) is 0 Å². The molecule has 2 rings (SSSR count). The minimum absolute atomic E-state index is 0.395. The quantitative estimate of drug-likeness (QED) is 0.741. The van der Waals surface area contributed by atoms with Gasteiger partial charge in [-0.25, -0.2) is 4.98 Å². The van der Waals surface area contributed by atoms with Crippen molar-refractivity contribution in [1.82, 2.24) is 14.5 Å². The largest absolute Gasteiger partial charge is 0.337 e. The molecule has 1 unspecified atom stereocenters. The van der Waals surface area contributed by atoms with Gasteiger partial charge in [0.15, 0.2) is 0 Å². The summed E-state index contributed by atoms with van der Waals surface area (Å²) in [6, 6.07) is 0.411. The van der Waals surface area contributed by atoms with Crippen molar-refractivity contribution in [3.05, 3.63) is 18.2 Å². The molecule has 0 amide bonds. The lowest BCUT2D eigenvalue weighted by molar-refractivity contribution is -0.117. The number of carbonyl (C=O) groups is 1. The molecule has 1 aromatic rings. The number of hydrogen-bond acceptors (Lipinski definition) is 3. The number of aryl methyl sites for hydroxylation is 1. The van der Waals surface area contributed by atoms with Crippen LogP contribution in [0.5, 0.6) is 0 Å². The molecule has 0 bridgehead atoms. The standard InChI is InChI=1S/C11H17N3O/c1-13-6-5-12-11(13)8-14(2)9-3-4-10(15)7-9/h5-6,9H,3-4,7-8H2,1-2H3. The number of nitrogens with zero attached hydrogens (tertiary/aromatic N) is 3. The summed E-state index contributed by atoms with van der Waals surface area (Å²) in [5.74, 6) is 1.45. The number of hydrogen-bond donors (Lipinski definition) is 0. The molecule has 1 heterocycles. The SMILES string of the molecule is CN(Cc1nccn1C)C1CCC(=O)C1. The Kier molecular flexibility index (Phi) is 2.86. The molecule has 1 fully saturated rings. The normalized spacial score (nSPS) is 21.5. The fraction of sp³-hybridized carbons (Fsp3) is 0.636. The molecule has 4 nitrogen and oxygen atoms in total. The fourth-order valence-electron chi connectivity index (χ4n) is 2.07. The van der Waals surface area contributed by atoms with Crippen LogP contribution in [0.15, 0.2) is 12.4 Å². The van der Waals surface area contributed by atoms with Crippen LogP contribution in [0.4, 0.5) is 0 Å². The zero-order valence-electron chi connectivity index (χ0n) is 9.31. The van der Waals surface area contributed by atoms with Gasteiger partial charge < -0.3 is 4.57 Å². The topological polar surface area (TPSA) is 38.1 Å². The zero-order valence-corrected chi connectivity index (χ0v) is 9.31. The van der Waals surface area contributed by atoms with Gasteiger partial charge in [-0.3, -0.25) is 9.69 Å². The van der Waals surface area contributed by atoms with Crippen LogP contribution in [-0.4, -0.2) is 33.3 Å². The molecular weight excluding hydrogens is 190 g/mol. The van der Waals surface area contributed by atoms with E-state index in [9.17, 15) is 4.79 Å². The van der Waals surface area contributed by atoms with Gasteiger partial charge in [0.1, 0.15) is 11.6 Å². The summed E-state index contributed by atoms with van der Waals surface area (Å²) in [5, 5.41) is 0. The van der Waals surface area contributed by atoms with E-state index >= 15 is 0 Å². The molecule has 82 valence electrons. The molecule has 1 atom stereocenters. The number of ketones is 1. The second-order valence-corrected chi connectivity index (χ2v) is 4.30. The van der Waals surface area contributed by atoms with Crippen molar-refractivity contribution in [2.24, 2.45) is 7.05 Å². The van der Waals surface area contributed by atoms with E-state index < -0.39 is 0 Å². The molecule has 1 aromatic heterocycles. The first kappa shape index (κ1) is 10.4. The summed E-state index contributed by atoms with van der Waals surface area (Å²) < 4.78 is 2.02. The number of carbonyl (C=O) groups excluding carboxylic acids is 1. The molecule has 1 saturated carbocycles. The second-order valence-electron chi connectivity index (χ2n) is 4.30. The van der Waals surface area contributed by atoms with E-state index in [0.717, 1.165) is 25.2 Å². The van der Waals surface area contributed by atoms with Crippen LogP contribution in [0, 0.1) is 0 Å². The van der Waals surface area contributed by atoms with E-state index in [1.54, 1.807) is 0 Å². The lowest BCUT2D eigenvalue weighted by Crippen LogP contribution is -2.30. The van der Waals surface area contributed by atoms with E-state index in [2.05, 4.69) is 16.9 Å². The molecule has 1 aliphatic rings. The second kappa shape index (κ2) is 4.14. The molecule has 0 radical (unpaired) electrons. The van der Waals surface area contributed by atoms with Crippen LogP contribution in [0.25, 0.3) is 0 Å². The van der Waals surface area contributed by atoms with E-state index in [4.69, 9.17) is 0 Å². The maximum Gasteiger partial charge on any atom is 0.134 e. The van der Waals surface area contributed by atoms with Gasteiger partial charge in [0.05, 0.1) is 6.54 Å². The molecule has 0 saturated heterocycles. The Morgan fingerprint density at radius 1 is 1.67 bits per heavy atom. The van der Waals surface area contributed by atoms with Crippen molar-refractivity contribution in [2.75, 3.05) is 7.05 Å². The van der Waals surface area contributed by atoms with Crippen LogP contribution in [-0.2, 0) is 18.4 Å². The number of Topliss-reactive ketones (excluding diaryl/α,β-unsaturated/α-hetero) is 1. The van der Waals surface area contributed by atoms with Crippen molar-refractivity contribution in [2.45, 2.75) is 31.8 Å². The minimum atomic E-state index is 0.395. The van der Waals surface area contributed by atoms with E-state index in [1.165, 1.54) is 0 Å². The van der Waals surface area contributed by atoms with Crippen LogP contribution in [0.1, 0.15) is 25.1 Å². The predicted molar refractivity (Wildman–Crippen MR) is 57.3 cm³/mol. The average molecular weight is 207 g/mol. The van der Waals surface area contributed by atoms with E-state index in [-0.39, 0.29) is 0 Å². The van der Waals surface area contributed by atoms with Gasteiger partial charge in [0, 0.05) is 38.3 Å². The van der Waals surface area contributed by atoms with E-state index in [0.29, 0.717) is 18.2 Å². The molecule has 15 heavy (non-hydrogen) atoms. The third-order valence-electron chi connectivity index (χ3n) is 3.15. The van der Waals surface area contributed by atoms with Gasteiger partial charge in [-0.2, -0.15) is 0 Å². The van der Waals surface area contributed by atoms with Gasteiger partial charge in [0.2, 0.25) is 0 Å². The van der Waals surface area contributed by atoms with Crippen molar-refractivity contribution in [3.8, 4) is 0 Å². The lowest BCUT2D eigenvalue weighted by Gasteiger charge is -2.22. The molecule has 1 aliphatic carbocycles. The van der Waals surface area contributed by atoms with Crippen molar-refractivity contribution >= 4 is 5.78 Å². The van der Waals surface area contributed by atoms with Gasteiger partial charge >= 0.3 is 0 Å². The smallest absolute Gasteiger partial charge is 0.134 e. The molecule has 4 heteroatoms. The minimum Gasteiger partial charge on any atom is -0.337 e. The highest BCUT2D eigenvalue weighted by Gasteiger charge is 2.25. The monoisotopic (exact) mass is 207 g/mol. The van der Waals surface area contributed by atoms with Gasteiger partial charge in [-0.1, -0.05) is 0 Å². The van der Waals surface area contributed by atoms with Crippen LogP contribution in [0.2, 0.25) is 0 Å². The molecule has 0 N–H and O–H groups in total. The van der Waals surface area contributed by atoms with Crippen molar-refractivity contribution in [3.63, 3.8) is 0 Å². The lowest BCUT2D eigenvalue weighted by atomic mass is 10.2. The predicted octanol–water partition coefficient (Wildman–Crippen LogP) is 0.973. The Morgan fingerprint density at radius 2 is 2.47 bits per heavy atom. The fourth-order valence-corrected chi connectivity index (χ4v) is 2.07. The Morgan fingerprint density at radius 3 is 3.00 bits per heavy atom. The Bertz CT molecular complexity index is 358. The summed E-state index contributed by atoms with van der Waals surface area (Å²) in [5.41, 5.74) is 0. The Balaban J connectivity index is 1.95. The highest BCUT2D eigenvalue weighted by molar-refractivity contribution is 5.81. The first-order valence-corrected chi connectivity index (χ1v) is 5.35. The maximum atomic E-state index is 11.2. The first-order chi connectivity index (χ1) is 7.16. The van der Waals surface area contributed by atoms with Crippen LogP contribution in [0.3, 0.4) is 0 Å². The third-order valence-corrected chi connectivity index (χ3v) is 3.15. The third kappa shape index (κ3) is 2.26. The summed E-state index contributed by atoms with van der Waals surface area (Å²) in [6.07, 6.45) is 6.21. The molecular formula is C11H17N3O. The first-order valence-electron chi connectivity index (χ1n) is 5.35. The van der Waals surface area contributed by atoms with Gasteiger partial charge in [-0.05, 0) is 13.5 Å². The molecule has 0 aromatic carbocycles. The maximum absolute atomic E-state index is 11.2. The summed E-state index contributed by atoms with van der Waals surface area (Å²) in [7, 11) is 4.06. The Hall–Kier alpha value is -1.16. The highest BCUT2D eigenvalue weighted by Crippen LogP contribution is 2.20. The van der Waals surface area contributed by atoms with Crippen molar-refractivity contribution in [1.29, 1.82) is 0 Å². The Labute approximate surface area is 89.9 Å². The average Bonchev–Trinajstić information content (AvgIpc) is 2.77. The summed E-state index contributed by atoms with van der Waals surface area (Å²) >= 11 is 0. The zero-order chi connectivity index (χ0) is 10.8. The molecule has 0 spiro atoms. The summed E-state index contributed by atoms with van der Waals surface area (Å²) in [4.78, 5) is 17.7. The number of imidazole rings is 1. The van der Waals surface area contributed by atoms with E-state index in [1.807, 2.05) is 24.0 Å². The highest BCUT2D eigenvalue weighted by atomic mass is 16.1. The molecule has 0 aliphatic heterocycles. The number of aromatic nitrogens is 2. The van der Waals surface area contributed by atoms with Gasteiger partial charge in [0.25, 0.3) is 0 Å². The van der Waals surface area contributed by atoms with Crippen molar-refractivity contribution < 1.29 is 4.79 Å².